The second kappa shape index (κ2) is 11.6. The van der Waals surface area contributed by atoms with Crippen molar-refractivity contribution in [2.45, 2.75) is 27.0 Å². The molecule has 3 heterocycles. The molecule has 9 heteroatoms. The molecule has 0 bridgehead atoms. The van der Waals surface area contributed by atoms with E-state index in [1.54, 1.807) is 36.4 Å². The summed E-state index contributed by atoms with van der Waals surface area (Å²) in [5, 5.41) is 4.76. The second-order valence-electron chi connectivity index (χ2n) is 9.54. The summed E-state index contributed by atoms with van der Waals surface area (Å²) in [4.78, 5) is 28.8. The fourth-order valence-corrected chi connectivity index (χ4v) is 4.74. The molecule has 0 N–H and O–H groups in total. The first-order valence-corrected chi connectivity index (χ1v) is 12.9. The van der Waals surface area contributed by atoms with Crippen LogP contribution in [0.4, 0.5) is 0 Å². The summed E-state index contributed by atoms with van der Waals surface area (Å²) in [5.41, 5.74) is 4.90. The summed E-state index contributed by atoms with van der Waals surface area (Å²) in [5.74, 6) is 0.922. The average molecular weight is 529 g/mol. The van der Waals surface area contributed by atoms with Gasteiger partial charge in [-0.3, -0.25) is 9.69 Å². The van der Waals surface area contributed by atoms with Crippen LogP contribution in [0.15, 0.2) is 71.1 Å². The maximum Gasteiger partial charge on any atom is 0.337 e. The van der Waals surface area contributed by atoms with Gasteiger partial charge in [0.2, 0.25) is 0 Å². The summed E-state index contributed by atoms with van der Waals surface area (Å²) in [7, 11) is 1.34. The predicted molar refractivity (Wildman–Crippen MR) is 145 cm³/mol. The number of rotatable bonds is 8. The molecule has 39 heavy (non-hydrogen) atoms. The lowest BCUT2D eigenvalue weighted by atomic mass is 10.1. The first-order chi connectivity index (χ1) is 18.9. The number of esters is 1. The Hall–Kier alpha value is -4.37. The number of carbonyl (C=O) groups is 2. The van der Waals surface area contributed by atoms with Crippen molar-refractivity contribution >= 4 is 11.9 Å². The van der Waals surface area contributed by atoms with E-state index >= 15 is 0 Å². The van der Waals surface area contributed by atoms with E-state index in [9.17, 15) is 9.59 Å². The number of methoxy groups -OCH3 is 1. The van der Waals surface area contributed by atoms with E-state index in [0.717, 1.165) is 36.7 Å². The van der Waals surface area contributed by atoms with Crippen molar-refractivity contribution in [3.05, 3.63) is 101 Å². The quantitative estimate of drug-likeness (QED) is 0.313. The number of hydrogen-bond acceptors (Lipinski definition) is 7. The van der Waals surface area contributed by atoms with Crippen LogP contribution < -0.4 is 4.74 Å². The molecule has 0 aliphatic carbocycles. The number of benzene rings is 2. The van der Waals surface area contributed by atoms with Gasteiger partial charge >= 0.3 is 5.97 Å². The molecule has 0 radical (unpaired) electrons. The molecular formula is C30H32N4O5. The molecule has 1 amide bonds. The van der Waals surface area contributed by atoms with E-state index in [1.807, 2.05) is 27.8 Å². The standard InChI is InChI=1S/C30H32N4O5/c1-21-27(22(2)34(31-21)24-7-5-4-6-8-24)19-32-15-17-33(18-16-32)29(35)28-14-13-26(39-28)20-38-25-11-9-23(10-12-25)30(36)37-3/h4-14H,15-20H2,1-3H3. The minimum atomic E-state index is -0.402. The van der Waals surface area contributed by atoms with Crippen molar-refractivity contribution in [1.29, 1.82) is 0 Å². The highest BCUT2D eigenvalue weighted by Crippen LogP contribution is 2.21. The van der Waals surface area contributed by atoms with Crippen LogP contribution in [-0.4, -0.2) is 64.7 Å². The summed E-state index contributed by atoms with van der Waals surface area (Å²) >= 11 is 0. The fraction of sp³-hybridized carbons (Fsp3) is 0.300. The molecule has 1 saturated heterocycles. The van der Waals surface area contributed by atoms with E-state index in [-0.39, 0.29) is 12.5 Å². The Bertz CT molecular complexity index is 1430. The monoisotopic (exact) mass is 528 g/mol. The number of amides is 1. The van der Waals surface area contributed by atoms with Crippen LogP contribution in [-0.2, 0) is 17.9 Å². The van der Waals surface area contributed by atoms with Crippen LogP contribution in [0.1, 0.15) is 43.6 Å². The second-order valence-corrected chi connectivity index (χ2v) is 9.54. The highest BCUT2D eigenvalue weighted by Gasteiger charge is 2.26. The first kappa shape index (κ1) is 26.2. The van der Waals surface area contributed by atoms with Gasteiger partial charge in [-0.15, -0.1) is 0 Å². The van der Waals surface area contributed by atoms with E-state index in [1.165, 1.54) is 12.7 Å². The molecule has 0 atom stereocenters. The number of furan rings is 1. The smallest absolute Gasteiger partial charge is 0.337 e. The number of carbonyl (C=O) groups excluding carboxylic acids is 2. The first-order valence-electron chi connectivity index (χ1n) is 12.9. The topological polar surface area (TPSA) is 90.0 Å². The van der Waals surface area contributed by atoms with Crippen LogP contribution in [0, 0.1) is 13.8 Å². The summed E-state index contributed by atoms with van der Waals surface area (Å²) in [6.07, 6.45) is 0. The van der Waals surface area contributed by atoms with Gasteiger partial charge in [0, 0.05) is 44.0 Å². The van der Waals surface area contributed by atoms with Crippen molar-refractivity contribution < 1.29 is 23.5 Å². The summed E-state index contributed by atoms with van der Waals surface area (Å²) < 4.78 is 18.2. The van der Waals surface area contributed by atoms with Crippen LogP contribution in [0.25, 0.3) is 5.69 Å². The Morgan fingerprint density at radius 2 is 1.64 bits per heavy atom. The van der Waals surface area contributed by atoms with E-state index < -0.39 is 5.97 Å². The molecule has 9 nitrogen and oxygen atoms in total. The maximum absolute atomic E-state index is 13.1. The van der Waals surface area contributed by atoms with Crippen molar-refractivity contribution in [3.8, 4) is 11.4 Å². The van der Waals surface area contributed by atoms with Gasteiger partial charge in [0.15, 0.2) is 5.76 Å². The van der Waals surface area contributed by atoms with Gasteiger partial charge in [0.25, 0.3) is 5.91 Å². The van der Waals surface area contributed by atoms with Crippen molar-refractivity contribution in [3.63, 3.8) is 0 Å². The number of hydrogen-bond donors (Lipinski definition) is 0. The Labute approximate surface area is 227 Å². The lowest BCUT2D eigenvalue weighted by molar-refractivity contribution is 0.0589. The number of ether oxygens (including phenoxy) is 2. The maximum atomic E-state index is 13.1. The fourth-order valence-electron chi connectivity index (χ4n) is 4.74. The molecular weight excluding hydrogens is 496 g/mol. The van der Waals surface area contributed by atoms with E-state index in [0.29, 0.717) is 35.9 Å². The Morgan fingerprint density at radius 1 is 0.923 bits per heavy atom. The zero-order valence-electron chi connectivity index (χ0n) is 22.4. The van der Waals surface area contributed by atoms with Crippen LogP contribution in [0.3, 0.4) is 0 Å². The number of para-hydroxylation sites is 1. The summed E-state index contributed by atoms with van der Waals surface area (Å²) in [6.45, 7) is 7.95. The molecule has 2 aromatic heterocycles. The van der Waals surface area contributed by atoms with Crippen molar-refractivity contribution in [2.24, 2.45) is 0 Å². The number of piperazine rings is 1. The minimum absolute atomic E-state index is 0.118. The van der Waals surface area contributed by atoms with Gasteiger partial charge in [0.05, 0.1) is 24.1 Å². The zero-order valence-corrected chi connectivity index (χ0v) is 22.4. The number of nitrogens with zero attached hydrogens (tertiary/aromatic N) is 4. The third kappa shape index (κ3) is 5.88. The molecule has 0 saturated carbocycles. The highest BCUT2D eigenvalue weighted by atomic mass is 16.5. The third-order valence-corrected chi connectivity index (χ3v) is 7.01. The van der Waals surface area contributed by atoms with Crippen LogP contribution in [0.2, 0.25) is 0 Å². The predicted octanol–water partition coefficient (Wildman–Crippen LogP) is 4.41. The molecule has 2 aromatic carbocycles. The Kier molecular flexibility index (Phi) is 7.79. The molecule has 4 aromatic rings. The van der Waals surface area contributed by atoms with Gasteiger partial charge in [-0.25, -0.2) is 9.48 Å². The van der Waals surface area contributed by atoms with E-state index in [2.05, 4.69) is 30.9 Å². The lowest BCUT2D eigenvalue weighted by Crippen LogP contribution is -2.48. The van der Waals surface area contributed by atoms with Gasteiger partial charge < -0.3 is 18.8 Å². The van der Waals surface area contributed by atoms with Crippen LogP contribution >= 0.6 is 0 Å². The highest BCUT2D eigenvalue weighted by molar-refractivity contribution is 5.91. The molecule has 1 aliphatic rings. The lowest BCUT2D eigenvalue weighted by Gasteiger charge is -2.34. The number of aromatic nitrogens is 2. The van der Waals surface area contributed by atoms with Crippen molar-refractivity contribution in [2.75, 3.05) is 33.3 Å². The van der Waals surface area contributed by atoms with Gasteiger partial charge in [-0.1, -0.05) is 18.2 Å². The van der Waals surface area contributed by atoms with Gasteiger partial charge in [0.1, 0.15) is 18.1 Å². The molecule has 1 fully saturated rings. The molecule has 1 aliphatic heterocycles. The molecule has 5 rings (SSSR count). The van der Waals surface area contributed by atoms with Crippen molar-refractivity contribution in [1.82, 2.24) is 19.6 Å². The Balaban J connectivity index is 1.13. The zero-order chi connectivity index (χ0) is 27.4. The normalized spacial score (nSPS) is 13.9. The van der Waals surface area contributed by atoms with Crippen LogP contribution in [0.5, 0.6) is 5.75 Å². The largest absolute Gasteiger partial charge is 0.486 e. The SMILES string of the molecule is COC(=O)c1ccc(OCc2ccc(C(=O)N3CCN(Cc4c(C)nn(-c5ccccc5)c4C)CC3)o2)cc1. The summed E-state index contributed by atoms with van der Waals surface area (Å²) in [6, 6.07) is 20.3. The average Bonchev–Trinajstić information content (AvgIpc) is 3.57. The molecule has 0 spiro atoms. The van der Waals surface area contributed by atoms with E-state index in [4.69, 9.17) is 19.0 Å². The molecule has 0 unspecified atom stereocenters. The third-order valence-electron chi connectivity index (χ3n) is 7.01. The Morgan fingerprint density at radius 3 is 2.33 bits per heavy atom. The van der Waals surface area contributed by atoms with Gasteiger partial charge in [-0.05, 0) is 62.4 Å². The molecule has 202 valence electrons. The number of aryl methyl sites for hydroxylation is 1. The minimum Gasteiger partial charge on any atom is -0.486 e. The van der Waals surface area contributed by atoms with Gasteiger partial charge in [-0.2, -0.15) is 5.10 Å².